The summed E-state index contributed by atoms with van der Waals surface area (Å²) in [6.07, 6.45) is 1.99. The molecule has 1 amide bonds. The van der Waals surface area contributed by atoms with Crippen LogP contribution in [0.25, 0.3) is 0 Å². The van der Waals surface area contributed by atoms with Crippen molar-refractivity contribution in [1.82, 2.24) is 4.90 Å². The molecular formula is C11H13NO4. The highest BCUT2D eigenvalue weighted by Crippen LogP contribution is 2.20. The number of rotatable bonds is 2. The van der Waals surface area contributed by atoms with E-state index in [1.165, 1.54) is 6.26 Å². The third-order valence-electron chi connectivity index (χ3n) is 2.91. The molecule has 86 valence electrons. The third kappa shape index (κ3) is 1.80. The Morgan fingerprint density at radius 3 is 2.81 bits per heavy atom. The van der Waals surface area contributed by atoms with Crippen LogP contribution in [0.3, 0.4) is 0 Å². The molecular weight excluding hydrogens is 210 g/mol. The lowest BCUT2D eigenvalue weighted by atomic mass is 10.1. The van der Waals surface area contributed by atoms with Crippen LogP contribution in [0.4, 0.5) is 0 Å². The fourth-order valence-electron chi connectivity index (χ4n) is 1.92. The number of furan rings is 1. The number of amides is 1. The fraction of sp³-hybridized carbons (Fsp3) is 0.455. The minimum atomic E-state index is -0.834. The topological polar surface area (TPSA) is 70.8 Å². The van der Waals surface area contributed by atoms with Crippen molar-refractivity contribution < 1.29 is 19.1 Å². The molecule has 0 unspecified atom stereocenters. The van der Waals surface area contributed by atoms with Crippen LogP contribution < -0.4 is 0 Å². The van der Waals surface area contributed by atoms with Gasteiger partial charge in [-0.15, -0.1) is 0 Å². The molecule has 0 saturated carbocycles. The van der Waals surface area contributed by atoms with Gasteiger partial charge in [0.25, 0.3) is 5.91 Å². The molecule has 1 fully saturated rings. The normalized spacial score (nSPS) is 20.1. The SMILES string of the molecule is Cc1occc1C(=O)N1CC[C@@H](C(=O)O)C1. The van der Waals surface area contributed by atoms with Crippen LogP contribution in [0.15, 0.2) is 16.7 Å². The summed E-state index contributed by atoms with van der Waals surface area (Å²) in [6.45, 7) is 2.51. The Kier molecular flexibility index (Phi) is 2.68. The molecule has 5 heteroatoms. The average Bonchev–Trinajstić information content (AvgIpc) is 2.84. The van der Waals surface area contributed by atoms with Gasteiger partial charge in [-0.05, 0) is 19.4 Å². The second-order valence-corrected chi connectivity index (χ2v) is 3.97. The van der Waals surface area contributed by atoms with Gasteiger partial charge in [0.2, 0.25) is 0 Å². The molecule has 1 N–H and O–H groups in total. The van der Waals surface area contributed by atoms with Crippen molar-refractivity contribution in [3.8, 4) is 0 Å². The summed E-state index contributed by atoms with van der Waals surface area (Å²) >= 11 is 0. The van der Waals surface area contributed by atoms with Crippen LogP contribution in [-0.4, -0.2) is 35.0 Å². The lowest BCUT2D eigenvalue weighted by Gasteiger charge is -2.14. The Hall–Kier alpha value is -1.78. The summed E-state index contributed by atoms with van der Waals surface area (Å²) in [6, 6.07) is 1.62. The summed E-state index contributed by atoms with van der Waals surface area (Å²) in [5.41, 5.74) is 0.519. The molecule has 2 heterocycles. The van der Waals surface area contributed by atoms with Gasteiger partial charge in [0.1, 0.15) is 5.76 Å². The van der Waals surface area contributed by atoms with E-state index in [2.05, 4.69) is 0 Å². The quantitative estimate of drug-likeness (QED) is 0.816. The molecule has 0 spiro atoms. The van der Waals surface area contributed by atoms with Crippen molar-refractivity contribution in [2.45, 2.75) is 13.3 Å². The predicted octanol–water partition coefficient (Wildman–Crippen LogP) is 1.13. The van der Waals surface area contributed by atoms with E-state index in [1.807, 2.05) is 0 Å². The summed E-state index contributed by atoms with van der Waals surface area (Å²) in [5, 5.41) is 8.84. The van der Waals surface area contributed by atoms with E-state index >= 15 is 0 Å². The molecule has 1 aromatic heterocycles. The number of carboxylic acids is 1. The van der Waals surface area contributed by atoms with Crippen molar-refractivity contribution in [3.05, 3.63) is 23.7 Å². The second-order valence-electron chi connectivity index (χ2n) is 3.97. The van der Waals surface area contributed by atoms with Gasteiger partial charge in [-0.1, -0.05) is 0 Å². The number of hydrogen-bond acceptors (Lipinski definition) is 3. The molecule has 1 aliphatic rings. The zero-order valence-corrected chi connectivity index (χ0v) is 8.97. The van der Waals surface area contributed by atoms with Gasteiger partial charge in [0, 0.05) is 13.1 Å². The highest BCUT2D eigenvalue weighted by molar-refractivity contribution is 5.95. The Bertz CT molecular complexity index is 423. The standard InChI is InChI=1S/C11H13NO4/c1-7-9(3-5-16-7)10(13)12-4-2-8(6-12)11(14)15/h3,5,8H,2,4,6H2,1H3,(H,14,15)/t8-/m1/s1. The summed E-state index contributed by atoms with van der Waals surface area (Å²) < 4.78 is 5.06. The van der Waals surface area contributed by atoms with Crippen molar-refractivity contribution >= 4 is 11.9 Å². The molecule has 1 atom stereocenters. The first-order valence-corrected chi connectivity index (χ1v) is 5.15. The molecule has 1 aromatic rings. The lowest BCUT2D eigenvalue weighted by molar-refractivity contribution is -0.141. The zero-order chi connectivity index (χ0) is 11.7. The molecule has 0 aromatic carbocycles. The van der Waals surface area contributed by atoms with E-state index in [4.69, 9.17) is 9.52 Å². The fourth-order valence-corrected chi connectivity index (χ4v) is 1.92. The van der Waals surface area contributed by atoms with Gasteiger partial charge in [-0.25, -0.2) is 0 Å². The van der Waals surface area contributed by atoms with Crippen LogP contribution >= 0.6 is 0 Å². The molecule has 1 saturated heterocycles. The first kappa shape index (κ1) is 10.7. The molecule has 0 radical (unpaired) electrons. The van der Waals surface area contributed by atoms with Crippen LogP contribution in [-0.2, 0) is 4.79 Å². The van der Waals surface area contributed by atoms with Gasteiger partial charge in [-0.2, -0.15) is 0 Å². The maximum Gasteiger partial charge on any atom is 0.308 e. The lowest BCUT2D eigenvalue weighted by Crippen LogP contribution is -2.30. The number of aryl methyl sites for hydroxylation is 1. The number of nitrogens with zero attached hydrogens (tertiary/aromatic N) is 1. The predicted molar refractivity (Wildman–Crippen MR) is 55.1 cm³/mol. The largest absolute Gasteiger partial charge is 0.481 e. The molecule has 16 heavy (non-hydrogen) atoms. The van der Waals surface area contributed by atoms with Gasteiger partial charge < -0.3 is 14.4 Å². The maximum absolute atomic E-state index is 12.0. The number of carbonyl (C=O) groups excluding carboxylic acids is 1. The van der Waals surface area contributed by atoms with Crippen molar-refractivity contribution in [3.63, 3.8) is 0 Å². The third-order valence-corrected chi connectivity index (χ3v) is 2.91. The smallest absolute Gasteiger partial charge is 0.308 e. The first-order valence-electron chi connectivity index (χ1n) is 5.15. The van der Waals surface area contributed by atoms with E-state index in [1.54, 1.807) is 17.9 Å². The summed E-state index contributed by atoms with van der Waals surface area (Å²) in [7, 11) is 0. The van der Waals surface area contributed by atoms with Crippen LogP contribution in [0.1, 0.15) is 22.5 Å². The van der Waals surface area contributed by atoms with Crippen LogP contribution in [0, 0.1) is 12.8 Å². The number of likely N-dealkylation sites (tertiary alicyclic amines) is 1. The summed E-state index contributed by atoms with van der Waals surface area (Å²) in [4.78, 5) is 24.3. The van der Waals surface area contributed by atoms with E-state index in [-0.39, 0.29) is 5.91 Å². The Morgan fingerprint density at radius 2 is 2.31 bits per heavy atom. The molecule has 0 bridgehead atoms. The van der Waals surface area contributed by atoms with Crippen molar-refractivity contribution in [2.75, 3.05) is 13.1 Å². The second kappa shape index (κ2) is 4.00. The zero-order valence-electron chi connectivity index (χ0n) is 8.97. The minimum Gasteiger partial charge on any atom is -0.481 e. The van der Waals surface area contributed by atoms with E-state index < -0.39 is 11.9 Å². The number of aliphatic carboxylic acids is 1. The number of carboxylic acid groups (broad SMARTS) is 1. The van der Waals surface area contributed by atoms with E-state index in [0.29, 0.717) is 30.8 Å². The van der Waals surface area contributed by atoms with Crippen LogP contribution in [0.2, 0.25) is 0 Å². The highest BCUT2D eigenvalue weighted by Gasteiger charge is 2.32. The minimum absolute atomic E-state index is 0.144. The van der Waals surface area contributed by atoms with Crippen molar-refractivity contribution in [1.29, 1.82) is 0 Å². The Labute approximate surface area is 92.7 Å². The monoisotopic (exact) mass is 223 g/mol. The molecule has 5 nitrogen and oxygen atoms in total. The molecule has 2 rings (SSSR count). The highest BCUT2D eigenvalue weighted by atomic mass is 16.4. The van der Waals surface area contributed by atoms with E-state index in [9.17, 15) is 9.59 Å². The van der Waals surface area contributed by atoms with Gasteiger partial charge in [0.05, 0.1) is 17.7 Å². The van der Waals surface area contributed by atoms with Gasteiger partial charge in [0.15, 0.2) is 0 Å². The van der Waals surface area contributed by atoms with Crippen LogP contribution in [0.5, 0.6) is 0 Å². The average molecular weight is 223 g/mol. The Balaban J connectivity index is 2.08. The number of hydrogen-bond donors (Lipinski definition) is 1. The maximum atomic E-state index is 12.0. The molecule has 0 aliphatic carbocycles. The van der Waals surface area contributed by atoms with E-state index in [0.717, 1.165) is 0 Å². The number of carbonyl (C=O) groups is 2. The summed E-state index contributed by atoms with van der Waals surface area (Å²) in [5.74, 6) is -0.839. The molecule has 1 aliphatic heterocycles. The van der Waals surface area contributed by atoms with Gasteiger partial charge >= 0.3 is 5.97 Å². The first-order chi connectivity index (χ1) is 7.59. The van der Waals surface area contributed by atoms with Crippen molar-refractivity contribution in [2.24, 2.45) is 5.92 Å². The van der Waals surface area contributed by atoms with Gasteiger partial charge in [-0.3, -0.25) is 9.59 Å². The Morgan fingerprint density at radius 1 is 1.56 bits per heavy atom.